The van der Waals surface area contributed by atoms with Gasteiger partial charge in [0.1, 0.15) is 16.5 Å². The summed E-state index contributed by atoms with van der Waals surface area (Å²) in [4.78, 5) is 17.8. The van der Waals surface area contributed by atoms with Gasteiger partial charge in [-0.3, -0.25) is 4.79 Å². The number of hydrogen-bond acceptors (Lipinski definition) is 7. The fourth-order valence-corrected chi connectivity index (χ4v) is 4.29. The van der Waals surface area contributed by atoms with E-state index >= 15 is 0 Å². The number of carbonyl (C=O) groups is 1. The molecular formula is C20H19N6O2S2+. The van der Waals surface area contributed by atoms with Crippen LogP contribution in [0.25, 0.3) is 5.69 Å². The molecule has 0 fully saturated rings. The number of nitrogens with one attached hydrogen (secondary N) is 2. The monoisotopic (exact) mass is 439 g/mol. The van der Waals surface area contributed by atoms with Gasteiger partial charge < -0.3 is 10.1 Å². The Morgan fingerprint density at radius 1 is 1.20 bits per heavy atom. The van der Waals surface area contributed by atoms with Crippen molar-refractivity contribution in [1.29, 1.82) is 0 Å². The summed E-state index contributed by atoms with van der Waals surface area (Å²) in [6.45, 7) is 0. The van der Waals surface area contributed by atoms with Crippen LogP contribution in [-0.4, -0.2) is 39.3 Å². The standard InChI is InChI=1S/C20H18N6O2S2/c1-28-16-9-7-15(8-10-16)26-20(23-24-25-26)29-13-18(27)22-19-21-12-17(30-19)11-14-5-3-2-4-6-14/h2-10,12H,11,13H2,1H3,(H,21,22,27)/p+1. The van der Waals surface area contributed by atoms with E-state index in [9.17, 15) is 4.79 Å². The fourth-order valence-electron chi connectivity index (χ4n) is 2.72. The zero-order valence-corrected chi connectivity index (χ0v) is 17.7. The molecule has 30 heavy (non-hydrogen) atoms. The Morgan fingerprint density at radius 2 is 2.00 bits per heavy atom. The van der Waals surface area contributed by atoms with Gasteiger partial charge in [0.2, 0.25) is 5.91 Å². The molecule has 10 heteroatoms. The van der Waals surface area contributed by atoms with E-state index in [4.69, 9.17) is 4.74 Å². The van der Waals surface area contributed by atoms with Crippen LogP contribution in [0, 0.1) is 0 Å². The Bertz CT molecular complexity index is 1110. The van der Waals surface area contributed by atoms with Crippen LogP contribution in [0.4, 0.5) is 5.13 Å². The maximum Gasteiger partial charge on any atom is 0.365 e. The van der Waals surface area contributed by atoms with Crippen LogP contribution >= 0.6 is 23.1 Å². The number of anilines is 1. The summed E-state index contributed by atoms with van der Waals surface area (Å²) >= 11 is 2.77. The number of nitrogens with zero attached hydrogens (tertiary/aromatic N) is 4. The molecule has 0 saturated heterocycles. The number of amides is 1. The van der Waals surface area contributed by atoms with Gasteiger partial charge in [0.25, 0.3) is 0 Å². The lowest BCUT2D eigenvalue weighted by Crippen LogP contribution is -2.35. The first-order chi connectivity index (χ1) is 14.7. The van der Waals surface area contributed by atoms with Crippen molar-refractivity contribution in [3.63, 3.8) is 0 Å². The third-order valence-corrected chi connectivity index (χ3v) is 6.00. The molecule has 4 aromatic rings. The average Bonchev–Trinajstić information content (AvgIpc) is 3.42. The molecule has 0 bridgehead atoms. The molecule has 2 aromatic carbocycles. The quantitative estimate of drug-likeness (QED) is 0.324. The smallest absolute Gasteiger partial charge is 0.365 e. The highest BCUT2D eigenvalue weighted by molar-refractivity contribution is 7.99. The van der Waals surface area contributed by atoms with Crippen LogP contribution in [0.3, 0.4) is 0 Å². The largest absolute Gasteiger partial charge is 0.497 e. The molecule has 2 heterocycles. The van der Waals surface area contributed by atoms with Crippen molar-refractivity contribution in [2.45, 2.75) is 11.6 Å². The molecule has 0 spiro atoms. The number of aromatic amines is 1. The van der Waals surface area contributed by atoms with Gasteiger partial charge in [0, 0.05) is 17.5 Å². The van der Waals surface area contributed by atoms with Crippen molar-refractivity contribution in [2.24, 2.45) is 0 Å². The lowest BCUT2D eigenvalue weighted by Gasteiger charge is -2.02. The molecule has 2 N–H and O–H groups in total. The normalized spacial score (nSPS) is 10.7. The average molecular weight is 440 g/mol. The SMILES string of the molecule is COc1ccc(-[n+]2[nH]nnc2SCC(=O)Nc2ncc(Cc3ccccc3)s2)cc1. The number of hydrogen-bond donors (Lipinski definition) is 2. The second-order valence-electron chi connectivity index (χ2n) is 6.25. The molecule has 0 aliphatic rings. The van der Waals surface area contributed by atoms with E-state index in [1.807, 2.05) is 42.5 Å². The van der Waals surface area contributed by atoms with Crippen molar-refractivity contribution in [1.82, 2.24) is 20.5 Å². The summed E-state index contributed by atoms with van der Waals surface area (Å²) in [7, 11) is 1.62. The van der Waals surface area contributed by atoms with Crippen molar-refractivity contribution in [3.05, 3.63) is 71.2 Å². The molecule has 0 saturated carbocycles. The molecule has 0 unspecified atom stereocenters. The lowest BCUT2D eigenvalue weighted by molar-refractivity contribution is -0.697. The number of aromatic nitrogens is 5. The molecule has 0 atom stereocenters. The van der Waals surface area contributed by atoms with E-state index in [1.54, 1.807) is 18.0 Å². The maximum absolute atomic E-state index is 12.4. The number of benzene rings is 2. The van der Waals surface area contributed by atoms with Gasteiger partial charge in [0.15, 0.2) is 10.3 Å². The van der Waals surface area contributed by atoms with Gasteiger partial charge in [-0.05, 0) is 41.6 Å². The number of rotatable bonds is 8. The van der Waals surface area contributed by atoms with E-state index in [0.717, 1.165) is 22.7 Å². The number of methoxy groups -OCH3 is 1. The zero-order valence-electron chi connectivity index (χ0n) is 16.1. The summed E-state index contributed by atoms with van der Waals surface area (Å²) in [5.74, 6) is 0.802. The summed E-state index contributed by atoms with van der Waals surface area (Å²) < 4.78 is 6.88. The molecule has 2 aromatic heterocycles. The number of carbonyl (C=O) groups excluding carboxylic acids is 1. The van der Waals surface area contributed by atoms with Gasteiger partial charge in [-0.2, -0.15) is 0 Å². The maximum atomic E-state index is 12.4. The molecule has 1 amide bonds. The first kappa shape index (κ1) is 20.0. The van der Waals surface area contributed by atoms with Crippen molar-refractivity contribution >= 4 is 34.1 Å². The highest BCUT2D eigenvalue weighted by Gasteiger charge is 2.19. The predicted molar refractivity (Wildman–Crippen MR) is 115 cm³/mol. The molecule has 0 radical (unpaired) electrons. The summed E-state index contributed by atoms with van der Waals surface area (Å²) in [6, 6.07) is 17.6. The first-order valence-electron chi connectivity index (χ1n) is 9.10. The number of ether oxygens (including phenoxy) is 1. The van der Waals surface area contributed by atoms with Gasteiger partial charge >= 0.3 is 5.16 Å². The third-order valence-electron chi connectivity index (χ3n) is 4.16. The van der Waals surface area contributed by atoms with Crippen molar-refractivity contribution in [3.8, 4) is 11.4 Å². The minimum atomic E-state index is -0.148. The highest BCUT2D eigenvalue weighted by atomic mass is 32.2. The number of tetrazole rings is 1. The fraction of sp³-hybridized carbons (Fsp3) is 0.150. The second kappa shape index (κ2) is 9.51. The van der Waals surface area contributed by atoms with Crippen molar-refractivity contribution in [2.75, 3.05) is 18.2 Å². The van der Waals surface area contributed by atoms with Crippen LogP contribution in [0.5, 0.6) is 5.75 Å². The summed E-state index contributed by atoms with van der Waals surface area (Å²) in [6.07, 6.45) is 2.60. The Labute approximate surface area is 181 Å². The van der Waals surface area contributed by atoms with Crippen LogP contribution in [0.15, 0.2) is 66.0 Å². The van der Waals surface area contributed by atoms with E-state index in [0.29, 0.717) is 10.3 Å². The Hall–Kier alpha value is -3.24. The van der Waals surface area contributed by atoms with E-state index in [-0.39, 0.29) is 11.7 Å². The zero-order chi connectivity index (χ0) is 20.8. The summed E-state index contributed by atoms with van der Waals surface area (Å²) in [5.41, 5.74) is 2.05. The van der Waals surface area contributed by atoms with Gasteiger partial charge in [-0.15, -0.1) is 16.0 Å². The van der Waals surface area contributed by atoms with Crippen LogP contribution in [-0.2, 0) is 11.2 Å². The Kier molecular flexibility index (Phi) is 6.35. The van der Waals surface area contributed by atoms with E-state index in [1.165, 1.54) is 28.7 Å². The van der Waals surface area contributed by atoms with Gasteiger partial charge in [0.05, 0.1) is 12.9 Å². The van der Waals surface area contributed by atoms with Gasteiger partial charge in [-0.25, -0.2) is 4.98 Å². The van der Waals surface area contributed by atoms with Gasteiger partial charge in [-0.1, -0.05) is 35.5 Å². The lowest BCUT2D eigenvalue weighted by atomic mass is 10.1. The minimum Gasteiger partial charge on any atom is -0.497 e. The molecule has 0 aliphatic carbocycles. The molecule has 0 aliphatic heterocycles. The van der Waals surface area contributed by atoms with E-state index < -0.39 is 0 Å². The van der Waals surface area contributed by atoms with Crippen LogP contribution in [0.1, 0.15) is 10.4 Å². The Morgan fingerprint density at radius 3 is 2.77 bits per heavy atom. The number of thioether (sulfide) groups is 1. The Balaban J connectivity index is 1.33. The predicted octanol–water partition coefficient (Wildman–Crippen LogP) is 2.87. The summed E-state index contributed by atoms with van der Waals surface area (Å²) in [5, 5.41) is 14.7. The number of H-pyrrole nitrogens is 1. The third kappa shape index (κ3) is 5.02. The topological polar surface area (TPSA) is 96.7 Å². The molecule has 8 nitrogen and oxygen atoms in total. The minimum absolute atomic E-state index is 0.148. The first-order valence-corrected chi connectivity index (χ1v) is 10.9. The second-order valence-corrected chi connectivity index (χ2v) is 8.30. The molecule has 152 valence electrons. The van der Waals surface area contributed by atoms with Crippen LogP contribution < -0.4 is 14.7 Å². The number of thiazole rings is 1. The molecule has 4 rings (SSSR count). The van der Waals surface area contributed by atoms with Crippen LogP contribution in [0.2, 0.25) is 0 Å². The van der Waals surface area contributed by atoms with E-state index in [2.05, 4.69) is 38.0 Å². The molecular weight excluding hydrogens is 420 g/mol. The van der Waals surface area contributed by atoms with Crippen molar-refractivity contribution < 1.29 is 14.2 Å². The highest BCUT2D eigenvalue weighted by Crippen LogP contribution is 2.22.